The largest absolute Gasteiger partial charge is 0.427 e. The van der Waals surface area contributed by atoms with Crippen LogP contribution in [0.2, 0.25) is 0 Å². The van der Waals surface area contributed by atoms with E-state index in [0.29, 0.717) is 16.9 Å². The summed E-state index contributed by atoms with van der Waals surface area (Å²) in [7, 11) is 0. The zero-order chi connectivity index (χ0) is 17.6. The second kappa shape index (κ2) is 7.58. The zero-order valence-electron chi connectivity index (χ0n) is 13.9. The van der Waals surface area contributed by atoms with Gasteiger partial charge in [-0.25, -0.2) is 0 Å². The van der Waals surface area contributed by atoms with E-state index in [2.05, 4.69) is 12.1 Å². The van der Waals surface area contributed by atoms with Crippen molar-refractivity contribution in [2.45, 2.75) is 13.3 Å². The van der Waals surface area contributed by atoms with Crippen LogP contribution in [0.5, 0.6) is 5.75 Å². The molecule has 25 heavy (non-hydrogen) atoms. The SMILES string of the molecule is CC(=O)Oc1ccc(C(=O)c2ccc(Cc3ccccc3)cc2)cc1. The highest BCUT2D eigenvalue weighted by atomic mass is 16.5. The molecule has 0 heterocycles. The molecule has 0 saturated carbocycles. The quantitative estimate of drug-likeness (QED) is 0.395. The first-order chi connectivity index (χ1) is 12.1. The van der Waals surface area contributed by atoms with E-state index >= 15 is 0 Å². The standard InChI is InChI=1S/C22H18O3/c1-16(23)25-21-13-11-20(12-14-21)22(24)19-9-7-18(8-10-19)15-17-5-3-2-4-6-17/h2-14H,15H2,1H3. The van der Waals surface area contributed by atoms with E-state index in [4.69, 9.17) is 4.74 Å². The Labute approximate surface area is 146 Å². The molecule has 124 valence electrons. The maximum atomic E-state index is 12.5. The van der Waals surface area contributed by atoms with Gasteiger partial charge in [0.05, 0.1) is 0 Å². The highest BCUT2D eigenvalue weighted by Crippen LogP contribution is 2.17. The smallest absolute Gasteiger partial charge is 0.308 e. The first kappa shape index (κ1) is 16.7. The van der Waals surface area contributed by atoms with Crippen molar-refractivity contribution in [1.29, 1.82) is 0 Å². The van der Waals surface area contributed by atoms with Gasteiger partial charge in [0.2, 0.25) is 0 Å². The molecule has 0 aromatic heterocycles. The molecule has 0 bridgehead atoms. The predicted octanol–water partition coefficient (Wildman–Crippen LogP) is 4.43. The Balaban J connectivity index is 1.71. The summed E-state index contributed by atoms with van der Waals surface area (Å²) in [5, 5.41) is 0. The predicted molar refractivity (Wildman–Crippen MR) is 96.9 cm³/mol. The lowest BCUT2D eigenvalue weighted by Gasteiger charge is -2.06. The Morgan fingerprint density at radius 1 is 0.720 bits per heavy atom. The van der Waals surface area contributed by atoms with Crippen LogP contribution in [-0.4, -0.2) is 11.8 Å². The molecule has 0 unspecified atom stereocenters. The lowest BCUT2D eigenvalue weighted by molar-refractivity contribution is -0.131. The van der Waals surface area contributed by atoms with E-state index in [-0.39, 0.29) is 11.8 Å². The maximum absolute atomic E-state index is 12.5. The first-order valence-electron chi connectivity index (χ1n) is 8.08. The lowest BCUT2D eigenvalue weighted by Crippen LogP contribution is -2.03. The Kier molecular flexibility index (Phi) is 5.05. The van der Waals surface area contributed by atoms with Crippen molar-refractivity contribution in [3.63, 3.8) is 0 Å². The normalized spacial score (nSPS) is 10.3. The summed E-state index contributed by atoms with van der Waals surface area (Å²) in [5.74, 6) is -0.00373. The molecule has 3 aromatic rings. The molecular formula is C22H18O3. The van der Waals surface area contributed by atoms with Gasteiger partial charge in [0.25, 0.3) is 0 Å². The molecule has 0 radical (unpaired) electrons. The summed E-state index contributed by atoms with van der Waals surface area (Å²) in [6.07, 6.45) is 0.840. The Morgan fingerprint density at radius 2 is 1.24 bits per heavy atom. The van der Waals surface area contributed by atoms with Gasteiger partial charge in [0.1, 0.15) is 5.75 Å². The minimum absolute atomic E-state index is 0.0550. The molecule has 0 fully saturated rings. The summed E-state index contributed by atoms with van der Waals surface area (Å²) in [6, 6.07) is 24.4. The molecule has 0 N–H and O–H groups in total. The third kappa shape index (κ3) is 4.42. The highest BCUT2D eigenvalue weighted by molar-refractivity contribution is 6.09. The average Bonchev–Trinajstić information content (AvgIpc) is 2.63. The molecule has 0 saturated heterocycles. The van der Waals surface area contributed by atoms with Crippen molar-refractivity contribution in [2.24, 2.45) is 0 Å². The van der Waals surface area contributed by atoms with Crippen LogP contribution < -0.4 is 4.74 Å². The summed E-state index contributed by atoms with van der Waals surface area (Å²) in [6.45, 7) is 1.34. The molecular weight excluding hydrogens is 312 g/mol. The second-order valence-corrected chi connectivity index (χ2v) is 5.81. The van der Waals surface area contributed by atoms with E-state index in [0.717, 1.165) is 12.0 Å². The number of carbonyl (C=O) groups excluding carboxylic acids is 2. The van der Waals surface area contributed by atoms with Crippen LogP contribution in [0.4, 0.5) is 0 Å². The van der Waals surface area contributed by atoms with Crippen LogP contribution in [0.15, 0.2) is 78.9 Å². The van der Waals surface area contributed by atoms with E-state index in [1.54, 1.807) is 24.3 Å². The van der Waals surface area contributed by atoms with Crippen molar-refractivity contribution in [1.82, 2.24) is 0 Å². The average molecular weight is 330 g/mol. The van der Waals surface area contributed by atoms with E-state index in [9.17, 15) is 9.59 Å². The van der Waals surface area contributed by atoms with Gasteiger partial charge < -0.3 is 4.74 Å². The van der Waals surface area contributed by atoms with Crippen LogP contribution in [0.1, 0.15) is 34.0 Å². The lowest BCUT2D eigenvalue weighted by atomic mass is 9.99. The van der Waals surface area contributed by atoms with Crippen LogP contribution >= 0.6 is 0 Å². The van der Waals surface area contributed by atoms with Crippen LogP contribution in [-0.2, 0) is 11.2 Å². The molecule has 0 aliphatic heterocycles. The molecule has 3 rings (SSSR count). The van der Waals surface area contributed by atoms with Crippen LogP contribution in [0.25, 0.3) is 0 Å². The molecule has 3 heteroatoms. The third-order valence-corrected chi connectivity index (χ3v) is 3.85. The molecule has 0 aliphatic carbocycles. The van der Waals surface area contributed by atoms with Gasteiger partial charge in [-0.1, -0.05) is 54.6 Å². The minimum Gasteiger partial charge on any atom is -0.427 e. The minimum atomic E-state index is -0.381. The fourth-order valence-corrected chi connectivity index (χ4v) is 2.61. The van der Waals surface area contributed by atoms with Gasteiger partial charge >= 0.3 is 5.97 Å². The fraction of sp³-hybridized carbons (Fsp3) is 0.0909. The molecule has 3 aromatic carbocycles. The van der Waals surface area contributed by atoms with Crippen molar-refractivity contribution in [3.05, 3.63) is 101 Å². The van der Waals surface area contributed by atoms with E-state index < -0.39 is 0 Å². The number of esters is 1. The second-order valence-electron chi connectivity index (χ2n) is 5.81. The molecule has 0 amide bonds. The van der Waals surface area contributed by atoms with E-state index in [1.165, 1.54) is 12.5 Å². The summed E-state index contributed by atoms with van der Waals surface area (Å²) in [4.78, 5) is 23.5. The Morgan fingerprint density at radius 3 is 1.80 bits per heavy atom. The van der Waals surface area contributed by atoms with Crippen molar-refractivity contribution in [2.75, 3.05) is 0 Å². The molecule has 3 nitrogen and oxygen atoms in total. The van der Waals surface area contributed by atoms with Crippen molar-refractivity contribution < 1.29 is 14.3 Å². The number of carbonyl (C=O) groups is 2. The summed E-state index contributed by atoms with van der Waals surface area (Å²) >= 11 is 0. The van der Waals surface area contributed by atoms with Crippen molar-refractivity contribution >= 4 is 11.8 Å². The number of rotatable bonds is 5. The van der Waals surface area contributed by atoms with Crippen LogP contribution in [0.3, 0.4) is 0 Å². The van der Waals surface area contributed by atoms with E-state index in [1.807, 2.05) is 42.5 Å². The number of hydrogen-bond acceptors (Lipinski definition) is 3. The molecule has 0 spiro atoms. The zero-order valence-corrected chi connectivity index (χ0v) is 13.9. The summed E-state index contributed by atoms with van der Waals surface area (Å²) < 4.78 is 4.98. The fourth-order valence-electron chi connectivity index (χ4n) is 2.61. The van der Waals surface area contributed by atoms with Gasteiger partial charge in [0, 0.05) is 18.1 Å². The third-order valence-electron chi connectivity index (χ3n) is 3.85. The highest BCUT2D eigenvalue weighted by Gasteiger charge is 2.09. The Bertz CT molecular complexity index is 863. The first-order valence-corrected chi connectivity index (χ1v) is 8.08. The van der Waals surface area contributed by atoms with Gasteiger partial charge in [-0.15, -0.1) is 0 Å². The topological polar surface area (TPSA) is 43.4 Å². The molecule has 0 atom stereocenters. The van der Waals surface area contributed by atoms with Gasteiger partial charge in [-0.2, -0.15) is 0 Å². The monoisotopic (exact) mass is 330 g/mol. The van der Waals surface area contributed by atoms with Crippen LogP contribution in [0, 0.1) is 0 Å². The molecule has 0 aliphatic rings. The van der Waals surface area contributed by atoms with Gasteiger partial charge in [-0.3, -0.25) is 9.59 Å². The number of hydrogen-bond donors (Lipinski definition) is 0. The number of ether oxygens (including phenoxy) is 1. The van der Waals surface area contributed by atoms with Gasteiger partial charge in [-0.05, 0) is 41.8 Å². The summed E-state index contributed by atoms with van der Waals surface area (Å²) in [5.41, 5.74) is 3.60. The number of benzene rings is 3. The van der Waals surface area contributed by atoms with Gasteiger partial charge in [0.15, 0.2) is 5.78 Å². The number of ketones is 1. The Hall–Kier alpha value is -3.20. The maximum Gasteiger partial charge on any atom is 0.308 e. The van der Waals surface area contributed by atoms with Crippen molar-refractivity contribution in [3.8, 4) is 5.75 Å².